The number of hydrogen-bond donors (Lipinski definition) is 3. The Labute approximate surface area is 276 Å². The van der Waals surface area contributed by atoms with Crippen LogP contribution in [0.2, 0.25) is 0 Å². The summed E-state index contributed by atoms with van der Waals surface area (Å²) in [5, 5.41) is 5.08. The molecule has 13 heteroatoms. The Morgan fingerprint density at radius 2 is 1.74 bits per heavy atom. The maximum absolute atomic E-state index is 11.9. The molecule has 1 saturated carbocycles. The number of carbonyl (C=O) groups excluding carboxylic acids is 1. The van der Waals surface area contributed by atoms with Crippen molar-refractivity contribution in [3.05, 3.63) is 46.2 Å². The van der Waals surface area contributed by atoms with Crippen LogP contribution >= 0.6 is 11.3 Å². The van der Waals surface area contributed by atoms with Crippen molar-refractivity contribution < 1.29 is 13.2 Å². The van der Waals surface area contributed by atoms with E-state index in [-0.39, 0.29) is 0 Å². The van der Waals surface area contributed by atoms with Gasteiger partial charge in [-0.3, -0.25) is 9.36 Å². The molecule has 1 aliphatic heterocycles. The van der Waals surface area contributed by atoms with Crippen LogP contribution < -0.4 is 21.7 Å². The first-order chi connectivity index (χ1) is 22.0. The fourth-order valence-corrected chi connectivity index (χ4v) is 7.51. The number of aryl methyl sites for hydroxylation is 1. The van der Waals surface area contributed by atoms with E-state index in [1.54, 1.807) is 12.1 Å². The lowest BCUT2D eigenvalue weighted by molar-refractivity contribution is 0.112. The third-order valence-electron chi connectivity index (χ3n) is 8.64. The van der Waals surface area contributed by atoms with Gasteiger partial charge in [-0.15, -0.1) is 11.3 Å². The molecular weight excluding hydrogens is 621 g/mol. The summed E-state index contributed by atoms with van der Waals surface area (Å²) in [5.41, 5.74) is 15.4. The Kier molecular flexibility index (Phi) is 12.2. The van der Waals surface area contributed by atoms with Crippen molar-refractivity contribution in [1.29, 1.82) is 0 Å². The summed E-state index contributed by atoms with van der Waals surface area (Å²) in [6.45, 7) is 8.13. The molecule has 4 heterocycles. The zero-order valence-electron chi connectivity index (χ0n) is 27.6. The van der Waals surface area contributed by atoms with Gasteiger partial charge in [0.25, 0.3) is 0 Å². The average molecular weight is 669 g/mol. The largest absolute Gasteiger partial charge is 0.383 e. The summed E-state index contributed by atoms with van der Waals surface area (Å²) >= 11 is 1.31. The highest BCUT2D eigenvalue weighted by Crippen LogP contribution is 2.39. The molecule has 2 fully saturated rings. The van der Waals surface area contributed by atoms with E-state index in [0.29, 0.717) is 27.5 Å². The SMILES string of the molecule is CC1CCCCC1.CCc1c(N2CCCC(NC)C2)c2c(N)ncnc2n1-c1ccc(S(C)(=O)=O)cc1.Cc1nc(N)c(C=O)s1. The van der Waals surface area contributed by atoms with Gasteiger partial charge < -0.3 is 21.7 Å². The van der Waals surface area contributed by atoms with E-state index in [9.17, 15) is 13.2 Å². The van der Waals surface area contributed by atoms with Crippen molar-refractivity contribution in [2.75, 3.05) is 42.8 Å². The number of sulfone groups is 1. The molecule has 2 aliphatic rings. The number of nitrogens with one attached hydrogen (secondary N) is 1. The van der Waals surface area contributed by atoms with E-state index in [4.69, 9.17) is 11.5 Å². The van der Waals surface area contributed by atoms with Crippen LogP contribution in [0.3, 0.4) is 0 Å². The molecule has 1 aliphatic carbocycles. The van der Waals surface area contributed by atoms with Gasteiger partial charge in [-0.05, 0) is 63.4 Å². The van der Waals surface area contributed by atoms with E-state index < -0.39 is 9.84 Å². The van der Waals surface area contributed by atoms with Gasteiger partial charge >= 0.3 is 0 Å². The van der Waals surface area contributed by atoms with E-state index in [0.717, 1.165) is 77.7 Å². The Hall–Kier alpha value is -3.55. The predicted molar refractivity (Wildman–Crippen MR) is 189 cm³/mol. The highest BCUT2D eigenvalue weighted by molar-refractivity contribution is 7.90. The Morgan fingerprint density at radius 3 is 2.24 bits per heavy atom. The number of hydrogen-bond acceptors (Lipinski definition) is 11. The van der Waals surface area contributed by atoms with Crippen LogP contribution in [0, 0.1) is 12.8 Å². The lowest BCUT2D eigenvalue weighted by atomic mass is 9.91. The summed E-state index contributed by atoms with van der Waals surface area (Å²) < 4.78 is 25.8. The van der Waals surface area contributed by atoms with Crippen molar-refractivity contribution in [2.24, 2.45) is 5.92 Å². The number of anilines is 3. The minimum absolute atomic E-state index is 0.294. The van der Waals surface area contributed by atoms with Crippen molar-refractivity contribution in [1.82, 2.24) is 24.8 Å². The fraction of sp³-hybridized carbons (Fsp3) is 0.515. The smallest absolute Gasteiger partial charge is 0.175 e. The number of fused-ring (bicyclic) bond motifs is 1. The zero-order chi connectivity index (χ0) is 33.4. The number of rotatable bonds is 6. The Bertz CT molecular complexity index is 1710. The number of piperidine rings is 1. The third-order valence-corrected chi connectivity index (χ3v) is 10.7. The van der Waals surface area contributed by atoms with Crippen LogP contribution in [-0.2, 0) is 16.3 Å². The first-order valence-corrected chi connectivity index (χ1v) is 18.7. The Balaban J connectivity index is 0.000000244. The number of aromatic nitrogens is 4. The molecule has 0 amide bonds. The molecule has 250 valence electrons. The van der Waals surface area contributed by atoms with Crippen LogP contribution in [0.1, 0.15) is 79.2 Å². The van der Waals surface area contributed by atoms with Gasteiger partial charge in [0.2, 0.25) is 0 Å². The molecule has 0 spiro atoms. The fourth-order valence-electron chi connectivity index (χ4n) is 6.22. The number of aldehydes is 1. The molecule has 46 heavy (non-hydrogen) atoms. The van der Waals surface area contributed by atoms with Crippen LogP contribution in [0.4, 0.5) is 17.3 Å². The summed E-state index contributed by atoms with van der Waals surface area (Å²) in [5.74, 6) is 1.84. The molecule has 0 bridgehead atoms. The van der Waals surface area contributed by atoms with E-state index in [2.05, 4.69) is 43.6 Å². The van der Waals surface area contributed by atoms with E-state index >= 15 is 0 Å². The number of carbonyl (C=O) groups is 1. The summed E-state index contributed by atoms with van der Waals surface area (Å²) in [6.07, 6.45) is 13.9. The number of likely N-dealkylation sites (N-methyl/N-ethyl adjacent to an activating group) is 1. The first-order valence-electron chi connectivity index (χ1n) is 16.0. The second-order valence-electron chi connectivity index (χ2n) is 12.1. The zero-order valence-corrected chi connectivity index (χ0v) is 29.3. The lowest BCUT2D eigenvalue weighted by Gasteiger charge is -2.34. The number of benzene rings is 1. The molecular formula is C33H48N8O3S2. The minimum Gasteiger partial charge on any atom is -0.383 e. The van der Waals surface area contributed by atoms with Gasteiger partial charge in [-0.1, -0.05) is 46.0 Å². The average Bonchev–Trinajstić information content (AvgIpc) is 3.57. The van der Waals surface area contributed by atoms with Crippen molar-refractivity contribution in [2.45, 2.75) is 83.1 Å². The van der Waals surface area contributed by atoms with Crippen LogP contribution in [0.5, 0.6) is 0 Å². The second-order valence-corrected chi connectivity index (χ2v) is 15.4. The monoisotopic (exact) mass is 668 g/mol. The minimum atomic E-state index is -3.26. The lowest BCUT2D eigenvalue weighted by Crippen LogP contribution is -2.44. The van der Waals surface area contributed by atoms with Crippen molar-refractivity contribution in [3.63, 3.8) is 0 Å². The maximum Gasteiger partial charge on any atom is 0.175 e. The first kappa shape index (κ1) is 35.3. The van der Waals surface area contributed by atoms with E-state index in [1.165, 1.54) is 56.0 Å². The molecule has 0 radical (unpaired) electrons. The van der Waals surface area contributed by atoms with Crippen LogP contribution in [0.25, 0.3) is 16.7 Å². The van der Waals surface area contributed by atoms with Gasteiger partial charge in [0.05, 0.1) is 21.0 Å². The topological polar surface area (TPSA) is 162 Å². The maximum atomic E-state index is 11.9. The van der Waals surface area contributed by atoms with Gasteiger partial charge in [0.1, 0.15) is 22.8 Å². The van der Waals surface area contributed by atoms with Gasteiger partial charge in [-0.25, -0.2) is 23.4 Å². The number of thiazole rings is 1. The summed E-state index contributed by atoms with van der Waals surface area (Å²) in [4.78, 5) is 26.0. The quantitative estimate of drug-likeness (QED) is 0.221. The molecule has 1 saturated heterocycles. The van der Waals surface area contributed by atoms with Crippen molar-refractivity contribution in [3.8, 4) is 5.69 Å². The summed E-state index contributed by atoms with van der Waals surface area (Å²) in [7, 11) is -1.26. The molecule has 6 rings (SSSR count). The Morgan fingerprint density at radius 1 is 1.04 bits per heavy atom. The standard InChI is InChI=1S/C21H28N6O2S.C7H14.C5H6N2OS/c1-4-17-19(26-11-5-6-14(12-26)23-2)18-20(22)24-13-25-21(18)27(17)15-7-9-16(10-8-15)30(3,28)29;1-7-5-3-2-4-6-7;1-3-7-5(6)4(2-8)9-3/h7-10,13-14,23H,4-6,11-12H2,1-3H3,(H2,22,24,25);7H,2-6H2,1H3;2H,6H2,1H3. The van der Waals surface area contributed by atoms with Gasteiger partial charge in [-0.2, -0.15) is 0 Å². The molecule has 3 aromatic heterocycles. The summed E-state index contributed by atoms with van der Waals surface area (Å²) in [6, 6.07) is 7.34. The highest BCUT2D eigenvalue weighted by Gasteiger charge is 2.28. The molecule has 1 unspecified atom stereocenters. The number of nitrogens with two attached hydrogens (primary N) is 2. The van der Waals surface area contributed by atoms with E-state index in [1.807, 2.05) is 26.1 Å². The third kappa shape index (κ3) is 8.42. The van der Waals surface area contributed by atoms with Crippen LogP contribution in [0.15, 0.2) is 35.5 Å². The molecule has 1 aromatic carbocycles. The van der Waals surface area contributed by atoms with Crippen molar-refractivity contribution >= 4 is 55.8 Å². The van der Waals surface area contributed by atoms with Gasteiger partial charge in [0.15, 0.2) is 21.8 Å². The number of nitrogen functional groups attached to an aromatic ring is 2. The van der Waals surface area contributed by atoms with Crippen LogP contribution in [-0.4, -0.2) is 66.7 Å². The normalized spacial score (nSPS) is 17.2. The predicted octanol–water partition coefficient (Wildman–Crippen LogP) is 5.59. The molecule has 4 aromatic rings. The molecule has 1 atom stereocenters. The highest BCUT2D eigenvalue weighted by atomic mass is 32.2. The number of nitrogens with zero attached hydrogens (tertiary/aromatic N) is 5. The molecule has 11 nitrogen and oxygen atoms in total. The van der Waals surface area contributed by atoms with Gasteiger partial charge in [0, 0.05) is 36.8 Å². The second kappa shape index (κ2) is 15.8. The molecule has 5 N–H and O–H groups in total.